The van der Waals surface area contributed by atoms with Gasteiger partial charge >= 0.3 is 0 Å². The molecule has 0 unspecified atom stereocenters. The van der Waals surface area contributed by atoms with Crippen LogP contribution in [-0.4, -0.2) is 16.1 Å². The number of nitrogens with zero attached hydrogens (tertiary/aromatic N) is 2. The predicted molar refractivity (Wildman–Crippen MR) is 114 cm³/mol. The number of hydrogen-bond acceptors (Lipinski definition) is 6. The van der Waals surface area contributed by atoms with Crippen LogP contribution >= 0.6 is 11.6 Å². The number of carbonyl (C=O) groups is 1. The Hall–Kier alpha value is -3.98. The zero-order valence-electron chi connectivity index (χ0n) is 16.3. The highest BCUT2D eigenvalue weighted by Crippen LogP contribution is 2.21. The lowest BCUT2D eigenvalue weighted by Gasteiger charge is -2.07. The van der Waals surface area contributed by atoms with Gasteiger partial charge in [-0.05, 0) is 60.7 Å². The minimum absolute atomic E-state index is 0.0572. The number of ether oxygens (including phenoxy) is 1. The fourth-order valence-electron chi connectivity index (χ4n) is 2.68. The van der Waals surface area contributed by atoms with Crippen molar-refractivity contribution in [2.24, 2.45) is 0 Å². The van der Waals surface area contributed by atoms with E-state index >= 15 is 0 Å². The molecule has 32 heavy (non-hydrogen) atoms. The summed E-state index contributed by atoms with van der Waals surface area (Å²) in [6.45, 7) is -0.121. The van der Waals surface area contributed by atoms with Crippen molar-refractivity contribution in [3.8, 4) is 5.75 Å². The van der Waals surface area contributed by atoms with E-state index in [-0.39, 0.29) is 18.1 Å². The highest BCUT2D eigenvalue weighted by molar-refractivity contribution is 6.29. The van der Waals surface area contributed by atoms with E-state index in [2.05, 4.69) is 20.8 Å². The number of anilines is 3. The highest BCUT2D eigenvalue weighted by Gasteiger charge is 2.13. The molecule has 4 aromatic rings. The van der Waals surface area contributed by atoms with Crippen molar-refractivity contribution in [3.05, 3.63) is 95.0 Å². The topological polar surface area (TPSA) is 89.3 Å². The molecule has 7 nitrogen and oxygen atoms in total. The fourth-order valence-corrected chi connectivity index (χ4v) is 2.78. The molecule has 2 aromatic heterocycles. The molecule has 0 fully saturated rings. The van der Waals surface area contributed by atoms with Gasteiger partial charge in [0.05, 0.1) is 0 Å². The summed E-state index contributed by atoms with van der Waals surface area (Å²) in [5, 5.41) is 13.7. The van der Waals surface area contributed by atoms with Crippen molar-refractivity contribution >= 4 is 34.7 Å². The first-order valence-electron chi connectivity index (χ1n) is 9.30. The molecule has 0 atom stereocenters. The monoisotopic (exact) mass is 456 g/mol. The van der Waals surface area contributed by atoms with E-state index < -0.39 is 17.5 Å². The van der Waals surface area contributed by atoms with E-state index in [9.17, 15) is 13.6 Å². The summed E-state index contributed by atoms with van der Waals surface area (Å²) in [6.07, 6.45) is 0. The molecule has 162 valence electrons. The summed E-state index contributed by atoms with van der Waals surface area (Å²) in [7, 11) is 0. The number of carbonyl (C=O) groups excluding carboxylic acids is 1. The molecule has 2 N–H and O–H groups in total. The quantitative estimate of drug-likeness (QED) is 0.377. The first-order chi connectivity index (χ1) is 15.5. The Bertz CT molecular complexity index is 1230. The van der Waals surface area contributed by atoms with Crippen LogP contribution in [0.2, 0.25) is 5.15 Å². The van der Waals surface area contributed by atoms with Crippen LogP contribution in [-0.2, 0) is 6.61 Å². The van der Waals surface area contributed by atoms with E-state index in [0.29, 0.717) is 22.4 Å². The zero-order chi connectivity index (χ0) is 22.5. The lowest BCUT2D eigenvalue weighted by molar-refractivity contribution is 0.0992. The Morgan fingerprint density at radius 3 is 2.47 bits per heavy atom. The highest BCUT2D eigenvalue weighted by atomic mass is 35.5. The van der Waals surface area contributed by atoms with Crippen molar-refractivity contribution in [1.82, 2.24) is 10.2 Å². The lowest BCUT2D eigenvalue weighted by atomic mass is 10.2. The van der Waals surface area contributed by atoms with E-state index in [1.165, 1.54) is 18.2 Å². The van der Waals surface area contributed by atoms with Gasteiger partial charge in [-0.15, -0.1) is 10.2 Å². The van der Waals surface area contributed by atoms with Crippen molar-refractivity contribution in [3.63, 3.8) is 0 Å². The van der Waals surface area contributed by atoms with Crippen LogP contribution in [0.5, 0.6) is 5.75 Å². The van der Waals surface area contributed by atoms with Crippen LogP contribution in [0, 0.1) is 11.6 Å². The number of halogens is 3. The van der Waals surface area contributed by atoms with Gasteiger partial charge in [0.25, 0.3) is 5.91 Å². The molecular weight excluding hydrogens is 442 g/mol. The average Bonchev–Trinajstić information content (AvgIpc) is 3.25. The molecular formula is C22H15ClF2N4O3. The molecule has 0 radical (unpaired) electrons. The number of nitrogens with one attached hydrogen (secondary N) is 2. The molecule has 0 aliphatic rings. The van der Waals surface area contributed by atoms with Crippen LogP contribution in [0.4, 0.5) is 26.0 Å². The summed E-state index contributed by atoms with van der Waals surface area (Å²) in [4.78, 5) is 12.4. The second-order valence-electron chi connectivity index (χ2n) is 6.53. The summed E-state index contributed by atoms with van der Waals surface area (Å²) < 4.78 is 37.3. The third-order valence-corrected chi connectivity index (χ3v) is 4.40. The molecule has 1 amide bonds. The normalized spacial score (nSPS) is 10.6. The minimum Gasteiger partial charge on any atom is -0.483 e. The standard InChI is InChI=1S/C22H15ClF2N4O3/c23-20-9-10-21(29-28-20)26-14-2-4-15(5-3-14)27-22(30)19-8-6-16(32-19)12-31-18-7-1-13(24)11-17(18)25/h1-11H,12H2,(H,26,29)(H,27,30). The molecule has 0 aliphatic carbocycles. The van der Waals surface area contributed by atoms with E-state index in [0.717, 1.165) is 17.8 Å². The van der Waals surface area contributed by atoms with Gasteiger partial charge in [-0.2, -0.15) is 0 Å². The smallest absolute Gasteiger partial charge is 0.291 e. The van der Waals surface area contributed by atoms with Gasteiger partial charge in [0.2, 0.25) is 0 Å². The van der Waals surface area contributed by atoms with Gasteiger partial charge in [-0.3, -0.25) is 4.79 Å². The summed E-state index contributed by atoms with van der Waals surface area (Å²) in [5.41, 5.74) is 1.29. The molecule has 0 aliphatic heterocycles. The number of aromatic nitrogens is 2. The second kappa shape index (κ2) is 9.44. The predicted octanol–water partition coefficient (Wildman–Crippen LogP) is 5.58. The fraction of sp³-hybridized carbons (Fsp3) is 0.0455. The van der Waals surface area contributed by atoms with E-state index in [1.54, 1.807) is 36.4 Å². The van der Waals surface area contributed by atoms with Crippen LogP contribution in [0.3, 0.4) is 0 Å². The van der Waals surface area contributed by atoms with Gasteiger partial charge < -0.3 is 19.8 Å². The Labute approximate surface area is 186 Å². The Morgan fingerprint density at radius 2 is 1.75 bits per heavy atom. The number of furan rings is 1. The number of hydrogen-bond donors (Lipinski definition) is 2. The van der Waals surface area contributed by atoms with Crippen molar-refractivity contribution < 1.29 is 22.7 Å². The molecule has 10 heteroatoms. The SMILES string of the molecule is O=C(Nc1ccc(Nc2ccc(Cl)nn2)cc1)c1ccc(COc2ccc(F)cc2F)o1. The maximum absolute atomic E-state index is 13.6. The van der Waals surface area contributed by atoms with Gasteiger partial charge in [0.1, 0.15) is 18.2 Å². The minimum atomic E-state index is -0.824. The maximum atomic E-state index is 13.6. The molecule has 4 rings (SSSR count). The molecule has 0 saturated heterocycles. The third-order valence-electron chi connectivity index (χ3n) is 4.20. The number of benzene rings is 2. The van der Waals surface area contributed by atoms with Crippen LogP contribution < -0.4 is 15.4 Å². The molecule has 0 spiro atoms. The summed E-state index contributed by atoms with van der Waals surface area (Å²) in [5.74, 6) is -1.22. The van der Waals surface area contributed by atoms with Crippen LogP contribution in [0.1, 0.15) is 16.3 Å². The molecule has 2 heterocycles. The second-order valence-corrected chi connectivity index (χ2v) is 6.91. The maximum Gasteiger partial charge on any atom is 0.291 e. The average molecular weight is 457 g/mol. The van der Waals surface area contributed by atoms with E-state index in [4.69, 9.17) is 20.8 Å². The van der Waals surface area contributed by atoms with Crippen LogP contribution in [0.15, 0.2) is 71.1 Å². The van der Waals surface area contributed by atoms with Gasteiger partial charge in [0, 0.05) is 17.4 Å². The Balaban J connectivity index is 1.33. The Kier molecular flexibility index (Phi) is 6.27. The number of amides is 1. The first kappa shape index (κ1) is 21.3. The largest absolute Gasteiger partial charge is 0.483 e. The van der Waals surface area contributed by atoms with Crippen LogP contribution in [0.25, 0.3) is 0 Å². The molecule has 0 bridgehead atoms. The third kappa shape index (κ3) is 5.38. The van der Waals surface area contributed by atoms with Gasteiger partial charge in [-0.25, -0.2) is 8.78 Å². The van der Waals surface area contributed by atoms with Crippen molar-refractivity contribution in [2.45, 2.75) is 6.61 Å². The first-order valence-corrected chi connectivity index (χ1v) is 9.68. The van der Waals surface area contributed by atoms with Crippen molar-refractivity contribution in [2.75, 3.05) is 10.6 Å². The van der Waals surface area contributed by atoms with E-state index in [1.807, 2.05) is 0 Å². The number of rotatable bonds is 7. The zero-order valence-corrected chi connectivity index (χ0v) is 17.1. The molecule has 2 aromatic carbocycles. The summed E-state index contributed by atoms with van der Waals surface area (Å²) in [6, 6.07) is 16.2. The Morgan fingerprint density at radius 1 is 0.969 bits per heavy atom. The van der Waals surface area contributed by atoms with Gasteiger partial charge in [-0.1, -0.05) is 11.6 Å². The summed E-state index contributed by atoms with van der Waals surface area (Å²) >= 11 is 5.71. The molecule has 0 saturated carbocycles. The van der Waals surface area contributed by atoms with Gasteiger partial charge in [0.15, 0.2) is 28.3 Å². The van der Waals surface area contributed by atoms with Crippen molar-refractivity contribution in [1.29, 1.82) is 0 Å². The lowest BCUT2D eigenvalue weighted by Crippen LogP contribution is -2.10.